The molecule has 1 aromatic heterocycles. The molecule has 0 spiro atoms. The van der Waals surface area contributed by atoms with Crippen molar-refractivity contribution in [1.29, 1.82) is 0 Å². The molecule has 27 heavy (non-hydrogen) atoms. The van der Waals surface area contributed by atoms with Crippen LogP contribution in [0.1, 0.15) is 42.9 Å². The van der Waals surface area contributed by atoms with Crippen LogP contribution in [0, 0.1) is 0 Å². The molecule has 0 saturated carbocycles. The summed E-state index contributed by atoms with van der Waals surface area (Å²) in [5.74, 6) is 0.408. The number of likely N-dealkylation sites (N-methyl/N-ethyl adjacent to an activating group) is 1. The summed E-state index contributed by atoms with van der Waals surface area (Å²) in [6, 6.07) is 5.02. The lowest BCUT2D eigenvalue weighted by atomic mass is 9.72. The van der Waals surface area contributed by atoms with Crippen molar-refractivity contribution in [3.8, 4) is 0 Å². The number of fused-ring (bicyclic) bond motifs is 2. The number of likely N-dealkylation sites (tertiary alicyclic amines) is 1. The summed E-state index contributed by atoms with van der Waals surface area (Å²) in [5.41, 5.74) is 5.24. The highest BCUT2D eigenvalue weighted by molar-refractivity contribution is 5.91. The van der Waals surface area contributed by atoms with Crippen LogP contribution in [0.15, 0.2) is 24.9 Å². The number of amides is 2. The predicted molar refractivity (Wildman–Crippen MR) is 111 cm³/mol. The highest BCUT2D eigenvalue weighted by Crippen LogP contribution is 2.44. The first-order chi connectivity index (χ1) is 13.1. The maximum Gasteiger partial charge on any atom is 0.317 e. The van der Waals surface area contributed by atoms with E-state index < -0.39 is 0 Å². The molecule has 1 aliphatic carbocycles. The standard InChI is InChI=1S/C22H30N4O/c1-5-14-8-9-18-21-15(12-23-18)10-19-17(20(14)21)11-16(13-25(19)4)24-22(27)26(6-2)7-3/h5,8-9,12,16-17,19,23H,1,6-7,10-11,13H2,2-4H3,(H,24,27)/t16-,17-,19+/m0/s1. The molecule has 2 aromatic rings. The van der Waals surface area contributed by atoms with Crippen molar-refractivity contribution < 1.29 is 4.79 Å². The van der Waals surface area contributed by atoms with Crippen molar-refractivity contribution in [2.24, 2.45) is 0 Å². The second kappa shape index (κ2) is 7.04. The van der Waals surface area contributed by atoms with E-state index in [1.54, 1.807) is 0 Å². The second-order valence-electron chi connectivity index (χ2n) is 7.88. The quantitative estimate of drug-likeness (QED) is 0.869. The van der Waals surface area contributed by atoms with Crippen LogP contribution in [0.25, 0.3) is 17.0 Å². The van der Waals surface area contributed by atoms with Gasteiger partial charge in [0.15, 0.2) is 0 Å². The molecule has 0 bridgehead atoms. The minimum absolute atomic E-state index is 0.0529. The first-order valence-corrected chi connectivity index (χ1v) is 10.1. The van der Waals surface area contributed by atoms with Gasteiger partial charge < -0.3 is 20.1 Å². The van der Waals surface area contributed by atoms with E-state index in [-0.39, 0.29) is 12.1 Å². The van der Waals surface area contributed by atoms with E-state index in [4.69, 9.17) is 0 Å². The van der Waals surface area contributed by atoms with Crippen LogP contribution in [0.3, 0.4) is 0 Å². The molecule has 2 amide bonds. The Morgan fingerprint density at radius 3 is 2.89 bits per heavy atom. The Kier molecular flexibility index (Phi) is 4.72. The largest absolute Gasteiger partial charge is 0.361 e. The molecule has 5 heteroatoms. The Labute approximate surface area is 161 Å². The molecule has 0 radical (unpaired) electrons. The molecule has 1 fully saturated rings. The third-order valence-corrected chi connectivity index (χ3v) is 6.48. The number of aromatic nitrogens is 1. The molecular weight excluding hydrogens is 336 g/mol. The Hall–Kier alpha value is -2.27. The Morgan fingerprint density at radius 1 is 1.41 bits per heavy atom. The molecule has 0 unspecified atom stereocenters. The minimum Gasteiger partial charge on any atom is -0.361 e. The number of nitrogens with one attached hydrogen (secondary N) is 2. The maximum absolute atomic E-state index is 12.6. The number of H-pyrrole nitrogens is 1. The Morgan fingerprint density at radius 2 is 2.19 bits per heavy atom. The van der Waals surface area contributed by atoms with Gasteiger partial charge in [-0.25, -0.2) is 4.79 Å². The molecule has 2 heterocycles. The Bertz CT molecular complexity index is 867. The highest BCUT2D eigenvalue weighted by atomic mass is 16.2. The van der Waals surface area contributed by atoms with Crippen molar-refractivity contribution >= 4 is 23.0 Å². The molecule has 2 aliphatic rings. The Balaban J connectivity index is 1.67. The zero-order chi connectivity index (χ0) is 19.1. The zero-order valence-electron chi connectivity index (χ0n) is 16.6. The van der Waals surface area contributed by atoms with Gasteiger partial charge in [-0.3, -0.25) is 0 Å². The van der Waals surface area contributed by atoms with Crippen molar-refractivity contribution in [2.45, 2.75) is 44.7 Å². The average Bonchev–Trinajstić information content (AvgIpc) is 3.07. The third kappa shape index (κ3) is 2.94. The first-order valence-electron chi connectivity index (χ1n) is 10.1. The normalized spacial score (nSPS) is 24.5. The summed E-state index contributed by atoms with van der Waals surface area (Å²) in [5, 5.41) is 4.66. The van der Waals surface area contributed by atoms with E-state index in [1.807, 2.05) is 24.8 Å². The molecule has 1 aromatic carbocycles. The number of hydrogen-bond donors (Lipinski definition) is 2. The number of rotatable bonds is 4. The van der Waals surface area contributed by atoms with Gasteiger partial charge in [0.2, 0.25) is 0 Å². The van der Waals surface area contributed by atoms with Crippen LogP contribution in [0.2, 0.25) is 0 Å². The maximum atomic E-state index is 12.6. The molecule has 2 N–H and O–H groups in total. The molecule has 1 saturated heterocycles. The van der Waals surface area contributed by atoms with Crippen LogP contribution in [-0.2, 0) is 6.42 Å². The van der Waals surface area contributed by atoms with Gasteiger partial charge in [-0.2, -0.15) is 0 Å². The van der Waals surface area contributed by atoms with E-state index >= 15 is 0 Å². The summed E-state index contributed by atoms with van der Waals surface area (Å²) in [6.07, 6.45) is 6.18. The molecule has 3 atom stereocenters. The van der Waals surface area contributed by atoms with E-state index in [9.17, 15) is 4.79 Å². The SMILES string of the molecule is C=Cc1ccc2[nH]cc3c2c1[C@H]1C[C@H](NC(=O)N(CC)CC)CN(C)[C@@H]1C3. The molecular formula is C22H30N4O. The second-order valence-corrected chi connectivity index (χ2v) is 7.88. The number of urea groups is 1. The number of nitrogens with zero attached hydrogens (tertiary/aromatic N) is 2. The lowest BCUT2D eigenvalue weighted by Gasteiger charge is -2.46. The number of carbonyl (C=O) groups is 1. The van der Waals surface area contributed by atoms with Crippen LogP contribution in [0.4, 0.5) is 4.79 Å². The van der Waals surface area contributed by atoms with Crippen LogP contribution in [-0.4, -0.2) is 59.6 Å². The number of carbonyl (C=O) groups excluding carboxylic acids is 1. The fraction of sp³-hybridized carbons (Fsp3) is 0.500. The van der Waals surface area contributed by atoms with Crippen LogP contribution >= 0.6 is 0 Å². The number of benzene rings is 1. The first kappa shape index (κ1) is 18.1. The minimum atomic E-state index is 0.0529. The number of piperidine rings is 1. The number of hydrogen-bond acceptors (Lipinski definition) is 2. The van der Waals surface area contributed by atoms with E-state index in [0.29, 0.717) is 12.0 Å². The van der Waals surface area contributed by atoms with Gasteiger partial charge >= 0.3 is 6.03 Å². The zero-order valence-corrected chi connectivity index (χ0v) is 16.6. The summed E-state index contributed by atoms with van der Waals surface area (Å²) < 4.78 is 0. The van der Waals surface area contributed by atoms with Crippen molar-refractivity contribution in [3.63, 3.8) is 0 Å². The molecule has 1 aliphatic heterocycles. The van der Waals surface area contributed by atoms with Crippen molar-refractivity contribution in [2.75, 3.05) is 26.7 Å². The van der Waals surface area contributed by atoms with E-state index in [0.717, 1.165) is 32.5 Å². The van der Waals surface area contributed by atoms with Crippen molar-refractivity contribution in [3.05, 3.63) is 41.6 Å². The van der Waals surface area contributed by atoms with Gasteiger partial charge in [0.05, 0.1) is 0 Å². The van der Waals surface area contributed by atoms with E-state index in [1.165, 1.54) is 27.6 Å². The monoisotopic (exact) mass is 366 g/mol. The average molecular weight is 367 g/mol. The van der Waals surface area contributed by atoms with Gasteiger partial charge in [-0.05, 0) is 56.5 Å². The summed E-state index contributed by atoms with van der Waals surface area (Å²) in [7, 11) is 2.19. The smallest absolute Gasteiger partial charge is 0.317 e. The van der Waals surface area contributed by atoms with Gasteiger partial charge in [0.1, 0.15) is 0 Å². The third-order valence-electron chi connectivity index (χ3n) is 6.48. The lowest BCUT2D eigenvalue weighted by molar-refractivity contribution is 0.124. The molecule has 5 nitrogen and oxygen atoms in total. The van der Waals surface area contributed by atoms with E-state index in [2.05, 4.69) is 47.2 Å². The van der Waals surface area contributed by atoms with Crippen LogP contribution in [0.5, 0.6) is 0 Å². The van der Waals surface area contributed by atoms with Gasteiger partial charge in [0, 0.05) is 54.7 Å². The van der Waals surface area contributed by atoms with Crippen LogP contribution < -0.4 is 5.32 Å². The lowest BCUT2D eigenvalue weighted by Crippen LogP contribution is -2.56. The van der Waals surface area contributed by atoms with Crippen molar-refractivity contribution in [1.82, 2.24) is 20.1 Å². The van der Waals surface area contributed by atoms with Gasteiger partial charge in [-0.15, -0.1) is 0 Å². The fourth-order valence-corrected chi connectivity index (χ4v) is 5.12. The summed E-state index contributed by atoms with van der Waals surface area (Å²) >= 11 is 0. The highest BCUT2D eigenvalue weighted by Gasteiger charge is 2.40. The predicted octanol–water partition coefficient (Wildman–Crippen LogP) is 3.57. The summed E-state index contributed by atoms with van der Waals surface area (Å²) in [4.78, 5) is 20.3. The summed E-state index contributed by atoms with van der Waals surface area (Å²) in [6.45, 7) is 10.5. The van der Waals surface area contributed by atoms with Gasteiger partial charge in [0.25, 0.3) is 0 Å². The molecule has 4 rings (SSSR count). The fourth-order valence-electron chi connectivity index (χ4n) is 5.12. The van der Waals surface area contributed by atoms with Gasteiger partial charge in [-0.1, -0.05) is 18.7 Å². The topological polar surface area (TPSA) is 51.4 Å². The molecule has 144 valence electrons. The number of aromatic amines is 1.